The third-order valence-corrected chi connectivity index (χ3v) is 5.66. The average molecular weight is 673 g/mol. The number of carbonyl (C=O) groups is 2. The first-order chi connectivity index (χ1) is 21.8. The minimum atomic E-state index is -1.74. The van der Waals surface area contributed by atoms with Gasteiger partial charge in [-0.2, -0.15) is 0 Å². The summed E-state index contributed by atoms with van der Waals surface area (Å²) in [7, 11) is 0. The standard InChI is InChI=1S/C28H52N2O16/c1-18(16-43-10-8-41-12-14-45-27(39)23(29-19(2)33)25(37)21(35)4-6-31)17-44-11-9-42-13-15-46-28(40)24(30-20(3)34)26(38)22(36)5-7-32/h18,21-22,27-28,31-32,35-40H,4-17H2,1-3H3,(H,29,33)(H,30,34)/b25-23+,26-24+/t21-,22-,27-,28-/m0/s1. The molecule has 2 amide bonds. The van der Waals surface area contributed by atoms with Crippen LogP contribution in [0.4, 0.5) is 0 Å². The number of carbonyl (C=O) groups excluding carboxylic acids is 2. The Balaban J connectivity index is 4.05. The number of hydrogen-bond acceptors (Lipinski definition) is 16. The Hall–Kier alpha value is -2.46. The summed E-state index contributed by atoms with van der Waals surface area (Å²) in [6, 6.07) is 0. The molecular formula is C28H52N2O16. The SMILES string of the molecule is CC(=O)N/C(=C(/O)[C@@H](O)CCO)[C@@H](O)OCCOCCOCC(C)COCCOCCO[C@H](O)/C(NC(C)=O)=C(\O)[C@@H](O)CCO. The molecule has 270 valence electrons. The van der Waals surface area contributed by atoms with Gasteiger partial charge in [-0.15, -0.1) is 0 Å². The number of amides is 2. The number of nitrogens with one attached hydrogen (secondary N) is 2. The fourth-order valence-corrected chi connectivity index (χ4v) is 3.42. The van der Waals surface area contributed by atoms with E-state index in [1.54, 1.807) is 0 Å². The normalized spacial score (nSPS) is 16.1. The van der Waals surface area contributed by atoms with Crippen LogP contribution in [0.25, 0.3) is 0 Å². The number of hydrogen-bond donors (Lipinski definition) is 10. The second-order valence-electron chi connectivity index (χ2n) is 9.94. The second-order valence-corrected chi connectivity index (χ2v) is 9.94. The summed E-state index contributed by atoms with van der Waals surface area (Å²) in [5.41, 5.74) is -0.851. The lowest BCUT2D eigenvalue weighted by Gasteiger charge is -2.20. The van der Waals surface area contributed by atoms with Gasteiger partial charge in [-0.1, -0.05) is 6.92 Å². The zero-order valence-electron chi connectivity index (χ0n) is 26.6. The van der Waals surface area contributed by atoms with Crippen LogP contribution in [0.2, 0.25) is 0 Å². The molecule has 0 rings (SSSR count). The zero-order valence-corrected chi connectivity index (χ0v) is 26.6. The highest BCUT2D eigenvalue weighted by Gasteiger charge is 2.24. The van der Waals surface area contributed by atoms with Crippen LogP contribution in [-0.4, -0.2) is 157 Å². The highest BCUT2D eigenvalue weighted by atomic mass is 16.6. The molecule has 0 bridgehead atoms. The van der Waals surface area contributed by atoms with Crippen LogP contribution in [-0.2, 0) is 38.0 Å². The molecule has 0 saturated heterocycles. The first-order valence-corrected chi connectivity index (χ1v) is 14.7. The molecule has 4 atom stereocenters. The first-order valence-electron chi connectivity index (χ1n) is 14.7. The molecule has 0 unspecified atom stereocenters. The maximum absolute atomic E-state index is 11.3. The van der Waals surface area contributed by atoms with Crippen LogP contribution >= 0.6 is 0 Å². The van der Waals surface area contributed by atoms with Crippen LogP contribution < -0.4 is 10.6 Å². The lowest BCUT2D eigenvalue weighted by atomic mass is 10.2. The van der Waals surface area contributed by atoms with Gasteiger partial charge in [-0.05, 0) is 0 Å². The highest BCUT2D eigenvalue weighted by molar-refractivity contribution is 5.75. The molecule has 46 heavy (non-hydrogen) atoms. The van der Waals surface area contributed by atoms with Crippen molar-refractivity contribution in [1.29, 1.82) is 0 Å². The maximum Gasteiger partial charge on any atom is 0.221 e. The molecule has 0 aliphatic heterocycles. The maximum atomic E-state index is 11.3. The quantitative estimate of drug-likeness (QED) is 0.0237. The largest absolute Gasteiger partial charge is 0.508 e. The molecule has 0 fully saturated rings. The third-order valence-electron chi connectivity index (χ3n) is 5.66. The fourth-order valence-electron chi connectivity index (χ4n) is 3.42. The van der Waals surface area contributed by atoms with Crippen LogP contribution in [0, 0.1) is 5.92 Å². The van der Waals surface area contributed by atoms with Gasteiger partial charge in [0.25, 0.3) is 0 Å². The van der Waals surface area contributed by atoms with E-state index in [1.807, 2.05) is 6.92 Å². The number of ether oxygens (including phenoxy) is 6. The summed E-state index contributed by atoms with van der Waals surface area (Å²) in [5.74, 6) is -2.58. The van der Waals surface area contributed by atoms with Gasteiger partial charge < -0.3 is 79.9 Å². The Morgan fingerprint density at radius 2 is 0.913 bits per heavy atom. The van der Waals surface area contributed by atoms with Crippen LogP contribution in [0.1, 0.15) is 33.6 Å². The van der Waals surface area contributed by atoms with E-state index >= 15 is 0 Å². The minimum Gasteiger partial charge on any atom is -0.508 e. The van der Waals surface area contributed by atoms with Crippen molar-refractivity contribution < 1.29 is 78.9 Å². The predicted molar refractivity (Wildman–Crippen MR) is 159 cm³/mol. The third kappa shape index (κ3) is 20.6. The summed E-state index contributed by atoms with van der Waals surface area (Å²) in [6.45, 7) is 5.15. The van der Waals surface area contributed by atoms with Gasteiger partial charge >= 0.3 is 0 Å². The first kappa shape index (κ1) is 43.5. The molecule has 0 radical (unpaired) electrons. The van der Waals surface area contributed by atoms with E-state index in [1.165, 1.54) is 0 Å². The van der Waals surface area contributed by atoms with Crippen molar-refractivity contribution in [1.82, 2.24) is 10.6 Å². The highest BCUT2D eigenvalue weighted by Crippen LogP contribution is 2.13. The number of rotatable bonds is 28. The van der Waals surface area contributed by atoms with E-state index in [4.69, 9.17) is 38.6 Å². The predicted octanol–water partition coefficient (Wildman–Crippen LogP) is -2.34. The molecule has 10 N–H and O–H groups in total. The Labute approximate surface area is 268 Å². The minimum absolute atomic E-state index is 0.0673. The van der Waals surface area contributed by atoms with Crippen molar-refractivity contribution in [3.63, 3.8) is 0 Å². The van der Waals surface area contributed by atoms with Gasteiger partial charge in [-0.25, -0.2) is 0 Å². The summed E-state index contributed by atoms with van der Waals surface area (Å²) >= 11 is 0. The molecule has 18 heteroatoms. The van der Waals surface area contributed by atoms with Gasteiger partial charge in [0.1, 0.15) is 35.1 Å². The average Bonchev–Trinajstić information content (AvgIpc) is 3.00. The van der Waals surface area contributed by atoms with E-state index in [0.717, 1.165) is 13.8 Å². The molecule has 0 aliphatic rings. The summed E-state index contributed by atoms with van der Waals surface area (Å²) in [6.07, 6.45) is -6.88. The van der Waals surface area contributed by atoms with E-state index in [2.05, 4.69) is 10.6 Å². The number of aliphatic hydroxyl groups is 8. The zero-order chi connectivity index (χ0) is 34.9. The van der Waals surface area contributed by atoms with Crippen molar-refractivity contribution in [2.75, 3.05) is 79.3 Å². The molecule has 0 aromatic rings. The van der Waals surface area contributed by atoms with Crippen molar-refractivity contribution in [2.24, 2.45) is 5.92 Å². The molecule has 0 spiro atoms. The van der Waals surface area contributed by atoms with Gasteiger partial charge in [-0.3, -0.25) is 9.59 Å². The Morgan fingerprint density at radius 3 is 1.24 bits per heavy atom. The lowest BCUT2D eigenvalue weighted by Crippen LogP contribution is -2.34. The molecule has 0 aromatic carbocycles. The lowest BCUT2D eigenvalue weighted by molar-refractivity contribution is -0.123. The van der Waals surface area contributed by atoms with Gasteiger partial charge in [0.2, 0.25) is 11.8 Å². The number of aliphatic hydroxyl groups excluding tert-OH is 8. The summed E-state index contributed by atoms with van der Waals surface area (Å²) < 4.78 is 32.1. The van der Waals surface area contributed by atoms with Crippen LogP contribution in [0.5, 0.6) is 0 Å². The van der Waals surface area contributed by atoms with Crippen molar-refractivity contribution in [3.8, 4) is 0 Å². The Bertz CT molecular complexity index is 833. The van der Waals surface area contributed by atoms with E-state index < -0.39 is 72.7 Å². The van der Waals surface area contributed by atoms with Crippen LogP contribution in [0.15, 0.2) is 22.9 Å². The van der Waals surface area contributed by atoms with Crippen molar-refractivity contribution in [2.45, 2.75) is 58.4 Å². The van der Waals surface area contributed by atoms with Gasteiger partial charge in [0.05, 0.1) is 66.1 Å². The monoisotopic (exact) mass is 672 g/mol. The van der Waals surface area contributed by atoms with Crippen molar-refractivity contribution >= 4 is 11.8 Å². The molecule has 0 heterocycles. The smallest absolute Gasteiger partial charge is 0.221 e. The Kier molecular flexibility index (Phi) is 25.2. The van der Waals surface area contributed by atoms with Crippen molar-refractivity contribution in [3.05, 3.63) is 22.9 Å². The van der Waals surface area contributed by atoms with E-state index in [9.17, 15) is 40.2 Å². The molecule has 0 aromatic heterocycles. The van der Waals surface area contributed by atoms with E-state index in [-0.39, 0.29) is 71.6 Å². The summed E-state index contributed by atoms with van der Waals surface area (Å²) in [4.78, 5) is 22.7. The molecule has 0 saturated carbocycles. The summed E-state index contributed by atoms with van der Waals surface area (Å²) in [5, 5.41) is 82.1. The Morgan fingerprint density at radius 1 is 0.587 bits per heavy atom. The topological polar surface area (TPSA) is 275 Å². The van der Waals surface area contributed by atoms with Gasteiger partial charge in [0, 0.05) is 45.8 Å². The molecule has 0 aliphatic carbocycles. The van der Waals surface area contributed by atoms with Crippen LogP contribution in [0.3, 0.4) is 0 Å². The fraction of sp³-hybridized carbons (Fsp3) is 0.786. The molecule has 18 nitrogen and oxygen atoms in total. The second kappa shape index (κ2) is 26.6. The molecular weight excluding hydrogens is 620 g/mol. The van der Waals surface area contributed by atoms with Gasteiger partial charge in [0.15, 0.2) is 12.6 Å². The van der Waals surface area contributed by atoms with E-state index in [0.29, 0.717) is 13.2 Å².